The first-order valence-corrected chi connectivity index (χ1v) is 9.35. The number of unbranched alkanes of at least 4 members (excludes halogenated alkanes) is 11. The van der Waals surface area contributed by atoms with Gasteiger partial charge >= 0.3 is 35.5 Å². The van der Waals surface area contributed by atoms with Crippen molar-refractivity contribution in [1.82, 2.24) is 0 Å². The van der Waals surface area contributed by atoms with Crippen LogP contribution in [-0.2, 0) is 4.79 Å². The molecule has 0 aromatic heterocycles. The van der Waals surface area contributed by atoms with Crippen LogP contribution in [0.25, 0.3) is 0 Å². The average Bonchev–Trinajstić information content (AvgIpc) is 2.46. The molecule has 5 nitrogen and oxygen atoms in total. The summed E-state index contributed by atoms with van der Waals surface area (Å²) in [6, 6.07) is 0. The summed E-state index contributed by atoms with van der Waals surface area (Å²) in [6.07, 6.45) is 15.1. The molecule has 0 aromatic rings. The van der Waals surface area contributed by atoms with Crippen molar-refractivity contribution in [3.8, 4) is 0 Å². The molecule has 0 radical (unpaired) electrons. The Labute approximate surface area is 170 Å². The molecule has 0 saturated carbocycles. The standard InChI is InChI=1S/C18H39N3O2.Na/c1-3-4-5-6-7-8-9-10-11-12-13-14-15-18(21,16(22)23)17(2,19)20;/h3-15,19-21H2,1-2H3,(H,22,23);/q;+1. The Bertz CT molecular complexity index is 322. The summed E-state index contributed by atoms with van der Waals surface area (Å²) in [4.78, 5) is 11.3. The van der Waals surface area contributed by atoms with Crippen molar-refractivity contribution < 1.29 is 39.5 Å². The van der Waals surface area contributed by atoms with Crippen molar-refractivity contribution in [1.29, 1.82) is 0 Å². The van der Waals surface area contributed by atoms with Gasteiger partial charge in [-0.05, 0) is 13.3 Å². The molecule has 0 aliphatic rings. The molecular formula is C18H39N3NaO2+. The van der Waals surface area contributed by atoms with Crippen LogP contribution >= 0.6 is 0 Å². The molecule has 0 aliphatic heterocycles. The fourth-order valence-corrected chi connectivity index (χ4v) is 2.85. The molecule has 0 aliphatic carbocycles. The molecule has 0 amide bonds. The monoisotopic (exact) mass is 352 g/mol. The molecule has 0 rings (SSSR count). The first kappa shape index (κ1) is 26.6. The van der Waals surface area contributed by atoms with Gasteiger partial charge in [-0.25, -0.2) is 0 Å². The van der Waals surface area contributed by atoms with Gasteiger partial charge in [0.15, 0.2) is 0 Å². The summed E-state index contributed by atoms with van der Waals surface area (Å²) in [5.74, 6) is -1.12. The summed E-state index contributed by atoms with van der Waals surface area (Å²) in [7, 11) is 0. The molecule has 7 N–H and O–H groups in total. The van der Waals surface area contributed by atoms with Crippen LogP contribution in [0.4, 0.5) is 0 Å². The van der Waals surface area contributed by atoms with E-state index in [-0.39, 0.29) is 29.6 Å². The normalized spacial score (nSPS) is 14.0. The van der Waals surface area contributed by atoms with Crippen molar-refractivity contribution in [3.63, 3.8) is 0 Å². The van der Waals surface area contributed by atoms with Gasteiger partial charge in [0.1, 0.15) is 5.54 Å². The maximum atomic E-state index is 11.3. The van der Waals surface area contributed by atoms with E-state index in [0.717, 1.165) is 19.3 Å². The molecule has 0 heterocycles. The minimum atomic E-state index is -1.55. The Morgan fingerprint density at radius 2 is 1.12 bits per heavy atom. The van der Waals surface area contributed by atoms with Gasteiger partial charge < -0.3 is 22.3 Å². The second-order valence-electron chi connectivity index (χ2n) is 7.20. The summed E-state index contributed by atoms with van der Waals surface area (Å²) in [5.41, 5.74) is 14.4. The molecule has 1 atom stereocenters. The number of carbonyl (C=O) groups is 1. The Morgan fingerprint density at radius 1 is 0.792 bits per heavy atom. The molecule has 6 heteroatoms. The molecular weight excluding hydrogens is 313 g/mol. The van der Waals surface area contributed by atoms with Gasteiger partial charge in [0.05, 0.1) is 5.66 Å². The predicted octanol–water partition coefficient (Wildman–Crippen LogP) is 0.497. The quantitative estimate of drug-likeness (QED) is 0.195. The predicted molar refractivity (Wildman–Crippen MR) is 97.0 cm³/mol. The molecule has 0 aromatic carbocycles. The third-order valence-corrected chi connectivity index (χ3v) is 4.77. The number of hydrogen-bond acceptors (Lipinski definition) is 4. The first-order valence-electron chi connectivity index (χ1n) is 9.35. The van der Waals surface area contributed by atoms with Gasteiger partial charge in [-0.2, -0.15) is 0 Å². The average molecular weight is 353 g/mol. The minimum absolute atomic E-state index is 0. The number of nitrogens with two attached hydrogens (primary N) is 3. The van der Waals surface area contributed by atoms with Crippen molar-refractivity contribution in [2.45, 2.75) is 109 Å². The van der Waals surface area contributed by atoms with Crippen LogP contribution in [-0.4, -0.2) is 22.3 Å². The van der Waals surface area contributed by atoms with E-state index in [1.54, 1.807) is 0 Å². The fraction of sp³-hybridized carbons (Fsp3) is 0.944. The van der Waals surface area contributed by atoms with E-state index in [0.29, 0.717) is 6.42 Å². The van der Waals surface area contributed by atoms with Crippen LogP contribution in [0.1, 0.15) is 97.3 Å². The van der Waals surface area contributed by atoms with Crippen LogP contribution in [0, 0.1) is 0 Å². The number of rotatable bonds is 15. The number of carboxylic acids is 1. The first-order chi connectivity index (χ1) is 10.8. The molecule has 0 saturated heterocycles. The minimum Gasteiger partial charge on any atom is -0.480 e. The van der Waals surface area contributed by atoms with Gasteiger partial charge in [0.25, 0.3) is 0 Å². The van der Waals surface area contributed by atoms with Crippen LogP contribution in [0.3, 0.4) is 0 Å². The number of carboxylic acid groups (broad SMARTS) is 1. The van der Waals surface area contributed by atoms with Crippen molar-refractivity contribution in [2.75, 3.05) is 0 Å². The fourth-order valence-electron chi connectivity index (χ4n) is 2.85. The van der Waals surface area contributed by atoms with Crippen LogP contribution in [0.2, 0.25) is 0 Å². The zero-order chi connectivity index (χ0) is 17.8. The van der Waals surface area contributed by atoms with E-state index in [2.05, 4.69) is 6.92 Å². The maximum absolute atomic E-state index is 11.3. The molecule has 24 heavy (non-hydrogen) atoms. The second kappa shape index (κ2) is 14.5. The Hall–Kier alpha value is 0.350. The van der Waals surface area contributed by atoms with Gasteiger partial charge in [-0.1, -0.05) is 84.0 Å². The summed E-state index contributed by atoms with van der Waals surface area (Å²) >= 11 is 0. The SMILES string of the molecule is CCCCCCCCCCCCCCC(N)(C(=O)O)C(C)(N)N.[Na+]. The third kappa shape index (κ3) is 11.1. The Kier molecular flexibility index (Phi) is 16.1. The van der Waals surface area contributed by atoms with Crippen LogP contribution in [0.15, 0.2) is 0 Å². The summed E-state index contributed by atoms with van der Waals surface area (Å²) < 4.78 is 0. The second-order valence-corrected chi connectivity index (χ2v) is 7.20. The Balaban J connectivity index is 0. The van der Waals surface area contributed by atoms with E-state index < -0.39 is 17.2 Å². The van der Waals surface area contributed by atoms with Crippen molar-refractivity contribution in [3.05, 3.63) is 0 Å². The molecule has 0 bridgehead atoms. The van der Waals surface area contributed by atoms with E-state index in [1.165, 1.54) is 64.7 Å². The smallest absolute Gasteiger partial charge is 0.480 e. The van der Waals surface area contributed by atoms with Crippen molar-refractivity contribution >= 4 is 5.97 Å². The summed E-state index contributed by atoms with van der Waals surface area (Å²) in [6.45, 7) is 3.72. The van der Waals surface area contributed by atoms with E-state index in [1.807, 2.05) is 0 Å². The third-order valence-electron chi connectivity index (χ3n) is 4.77. The van der Waals surface area contributed by atoms with E-state index in [9.17, 15) is 9.90 Å². The maximum Gasteiger partial charge on any atom is 1.00 e. The van der Waals surface area contributed by atoms with Gasteiger partial charge in [0, 0.05) is 0 Å². The van der Waals surface area contributed by atoms with Gasteiger partial charge in [0.2, 0.25) is 0 Å². The zero-order valence-electron chi connectivity index (χ0n) is 16.3. The van der Waals surface area contributed by atoms with Crippen LogP contribution < -0.4 is 46.8 Å². The molecule has 138 valence electrons. The molecule has 1 unspecified atom stereocenters. The topological polar surface area (TPSA) is 115 Å². The zero-order valence-corrected chi connectivity index (χ0v) is 18.3. The largest absolute Gasteiger partial charge is 1.00 e. The number of hydrogen-bond donors (Lipinski definition) is 4. The molecule has 0 fully saturated rings. The van der Waals surface area contributed by atoms with E-state index >= 15 is 0 Å². The summed E-state index contributed by atoms with van der Waals surface area (Å²) in [5, 5.41) is 9.26. The Morgan fingerprint density at radius 3 is 1.42 bits per heavy atom. The van der Waals surface area contributed by atoms with E-state index in [4.69, 9.17) is 17.2 Å². The number of aliphatic carboxylic acids is 1. The van der Waals surface area contributed by atoms with Crippen LogP contribution in [0.5, 0.6) is 0 Å². The van der Waals surface area contributed by atoms with Gasteiger partial charge in [-0.3, -0.25) is 4.79 Å². The molecule has 0 spiro atoms. The van der Waals surface area contributed by atoms with Crippen molar-refractivity contribution in [2.24, 2.45) is 17.2 Å². The van der Waals surface area contributed by atoms with Gasteiger partial charge in [-0.15, -0.1) is 0 Å².